The summed E-state index contributed by atoms with van der Waals surface area (Å²) in [6.07, 6.45) is 1.68. The fourth-order valence-corrected chi connectivity index (χ4v) is 5.71. The van der Waals surface area contributed by atoms with Crippen LogP contribution in [0.15, 0.2) is 88.2 Å². The molecule has 9 nitrogen and oxygen atoms in total. The van der Waals surface area contributed by atoms with Gasteiger partial charge in [-0.15, -0.1) is 0 Å². The molecule has 40 heavy (non-hydrogen) atoms. The molecule has 10 heteroatoms. The highest BCUT2D eigenvalue weighted by Gasteiger charge is 2.36. The number of carbonyl (C=O) groups is 2. The summed E-state index contributed by atoms with van der Waals surface area (Å²) in [7, 11) is 0. The zero-order valence-corrected chi connectivity index (χ0v) is 22.0. The van der Waals surface area contributed by atoms with Crippen molar-refractivity contribution in [3.63, 3.8) is 0 Å². The van der Waals surface area contributed by atoms with Gasteiger partial charge in [-0.05, 0) is 48.4 Å². The molecule has 6 rings (SSSR count). The Labute approximate surface area is 231 Å². The maximum absolute atomic E-state index is 13.9. The molecule has 0 saturated heterocycles. The number of aromatic nitrogens is 1. The highest BCUT2D eigenvalue weighted by Crippen LogP contribution is 2.40. The summed E-state index contributed by atoms with van der Waals surface area (Å²) in [5, 5.41) is 9.21. The summed E-state index contributed by atoms with van der Waals surface area (Å²) in [5.74, 6) is -0.522. The lowest BCUT2D eigenvalue weighted by atomic mass is 9.93. The van der Waals surface area contributed by atoms with Gasteiger partial charge < -0.3 is 19.3 Å². The Morgan fingerprint density at radius 2 is 1.82 bits per heavy atom. The average Bonchev–Trinajstić information content (AvgIpc) is 3.56. The van der Waals surface area contributed by atoms with Gasteiger partial charge in [0.05, 0.1) is 34.0 Å². The highest BCUT2D eigenvalue weighted by atomic mass is 32.1. The van der Waals surface area contributed by atoms with Crippen LogP contribution in [0, 0.1) is 0 Å². The van der Waals surface area contributed by atoms with Crippen molar-refractivity contribution in [1.82, 2.24) is 4.57 Å². The lowest BCUT2D eigenvalue weighted by molar-refractivity contribution is -0.138. The molecule has 0 spiro atoms. The number of nitrogens with zero attached hydrogens (tertiary/aromatic N) is 2. The molecule has 0 aliphatic carbocycles. The van der Waals surface area contributed by atoms with Crippen LogP contribution in [-0.4, -0.2) is 35.0 Å². The number of carbonyl (C=O) groups excluding carboxylic acids is 1. The summed E-state index contributed by atoms with van der Waals surface area (Å²) in [6.45, 7) is 1.95. The number of thiazole rings is 1. The molecule has 0 radical (unpaired) electrons. The predicted octanol–water partition coefficient (Wildman–Crippen LogP) is 3.36. The van der Waals surface area contributed by atoms with E-state index in [0.29, 0.717) is 43.2 Å². The molecule has 0 bridgehead atoms. The van der Waals surface area contributed by atoms with E-state index in [2.05, 4.69) is 0 Å². The number of rotatable bonds is 6. The fraction of sp³-hybridized carbons (Fsp3) is 0.133. The van der Waals surface area contributed by atoms with E-state index in [-0.39, 0.29) is 30.1 Å². The van der Waals surface area contributed by atoms with Crippen molar-refractivity contribution in [1.29, 1.82) is 0 Å². The molecular formula is C30H22N2O7S. The molecule has 1 aromatic heterocycles. The Bertz CT molecular complexity index is 1850. The zero-order valence-electron chi connectivity index (χ0n) is 21.2. The number of benzene rings is 3. The lowest BCUT2D eigenvalue weighted by Crippen LogP contribution is -2.40. The van der Waals surface area contributed by atoms with Crippen LogP contribution in [0.5, 0.6) is 11.5 Å². The first-order valence-electron chi connectivity index (χ1n) is 12.5. The molecule has 200 valence electrons. The molecule has 2 aliphatic rings. The lowest BCUT2D eigenvalue weighted by Gasteiger charge is -2.26. The normalized spacial score (nSPS) is 15.9. The summed E-state index contributed by atoms with van der Waals surface area (Å²) in [4.78, 5) is 44.0. The van der Waals surface area contributed by atoms with Gasteiger partial charge in [-0.1, -0.05) is 59.9 Å². The van der Waals surface area contributed by atoms with E-state index in [1.807, 2.05) is 30.3 Å². The second kappa shape index (κ2) is 10.3. The Morgan fingerprint density at radius 1 is 1.07 bits per heavy atom. The van der Waals surface area contributed by atoms with Crippen LogP contribution in [-0.2, 0) is 9.53 Å². The molecule has 0 unspecified atom stereocenters. The minimum atomic E-state index is -1.03. The fourth-order valence-electron chi connectivity index (χ4n) is 4.71. The third-order valence-electron chi connectivity index (χ3n) is 6.54. The average molecular weight is 555 g/mol. The molecule has 4 aromatic rings. The van der Waals surface area contributed by atoms with Crippen LogP contribution in [0.4, 0.5) is 0 Å². The number of aromatic carboxylic acids is 1. The van der Waals surface area contributed by atoms with Crippen LogP contribution in [0.25, 0.3) is 11.8 Å². The van der Waals surface area contributed by atoms with Crippen LogP contribution in [0.1, 0.15) is 40.0 Å². The van der Waals surface area contributed by atoms with Crippen molar-refractivity contribution in [2.75, 3.05) is 13.4 Å². The first-order valence-corrected chi connectivity index (χ1v) is 13.3. The number of carboxylic acids is 1. The monoisotopic (exact) mass is 554 g/mol. The highest BCUT2D eigenvalue weighted by molar-refractivity contribution is 7.07. The second-order valence-electron chi connectivity index (χ2n) is 8.97. The van der Waals surface area contributed by atoms with Gasteiger partial charge in [-0.25, -0.2) is 14.6 Å². The quantitative estimate of drug-likeness (QED) is 0.363. The van der Waals surface area contributed by atoms with E-state index in [1.54, 1.807) is 43.3 Å². The van der Waals surface area contributed by atoms with Crippen LogP contribution in [0.2, 0.25) is 0 Å². The van der Waals surface area contributed by atoms with Gasteiger partial charge in [0, 0.05) is 5.56 Å². The summed E-state index contributed by atoms with van der Waals surface area (Å²) in [5.41, 5.74) is 2.45. The third-order valence-corrected chi connectivity index (χ3v) is 7.52. The van der Waals surface area contributed by atoms with Gasteiger partial charge in [0.15, 0.2) is 16.3 Å². The first kappa shape index (κ1) is 25.3. The summed E-state index contributed by atoms with van der Waals surface area (Å²) in [6, 6.07) is 20.0. The Hall–Kier alpha value is -4.96. The maximum atomic E-state index is 13.9. The standard InChI is InChI=1S/C30H22N2O7S/c1-2-37-29(36)24-25(18-6-4-3-5-7-18)31-30-32(26(24)20-12-13-21-22(15-20)39-16-38-21)27(33)23(40-30)14-17-8-10-19(11-9-17)28(34)35/h3-15,26H,2,16H2,1H3,(H,34,35)/b23-14-/t26-/m0/s1. The number of fused-ring (bicyclic) bond motifs is 2. The zero-order chi connectivity index (χ0) is 27.8. The predicted molar refractivity (Wildman–Crippen MR) is 147 cm³/mol. The molecule has 1 N–H and O–H groups in total. The first-order chi connectivity index (χ1) is 19.4. The Balaban J connectivity index is 1.61. The number of esters is 1. The van der Waals surface area contributed by atoms with E-state index in [0.717, 1.165) is 0 Å². The molecule has 2 aliphatic heterocycles. The number of hydrogen-bond acceptors (Lipinski definition) is 8. The molecular weight excluding hydrogens is 532 g/mol. The van der Waals surface area contributed by atoms with Gasteiger partial charge in [0.1, 0.15) is 0 Å². The third kappa shape index (κ3) is 4.48. The molecule has 0 saturated carbocycles. The Morgan fingerprint density at radius 3 is 2.55 bits per heavy atom. The summed E-state index contributed by atoms with van der Waals surface area (Å²) >= 11 is 1.19. The second-order valence-corrected chi connectivity index (χ2v) is 9.98. The molecule has 3 aromatic carbocycles. The van der Waals surface area contributed by atoms with Gasteiger partial charge in [0.2, 0.25) is 6.79 Å². The van der Waals surface area contributed by atoms with E-state index in [1.165, 1.54) is 28.0 Å². The molecule has 3 heterocycles. The van der Waals surface area contributed by atoms with Gasteiger partial charge in [-0.3, -0.25) is 9.36 Å². The SMILES string of the molecule is CCOC(=O)C1=C(c2ccccc2)N=c2s/c(=C\c3ccc(C(=O)O)cc3)c(=O)n2[C@H]1c1ccc2c(c1)OCO2. The van der Waals surface area contributed by atoms with Gasteiger partial charge in [0.25, 0.3) is 5.56 Å². The van der Waals surface area contributed by atoms with Gasteiger partial charge in [-0.2, -0.15) is 0 Å². The minimum Gasteiger partial charge on any atom is -0.478 e. The van der Waals surface area contributed by atoms with Crippen LogP contribution in [0.3, 0.4) is 0 Å². The van der Waals surface area contributed by atoms with E-state index >= 15 is 0 Å². The van der Waals surface area contributed by atoms with Crippen LogP contribution >= 0.6 is 11.3 Å². The summed E-state index contributed by atoms with van der Waals surface area (Å²) < 4.78 is 18.4. The Kier molecular flexibility index (Phi) is 6.53. The minimum absolute atomic E-state index is 0.0814. The van der Waals surface area contributed by atoms with Crippen LogP contribution < -0.4 is 24.4 Å². The van der Waals surface area contributed by atoms with Gasteiger partial charge >= 0.3 is 11.9 Å². The number of carboxylic acid groups (broad SMARTS) is 1. The number of hydrogen-bond donors (Lipinski definition) is 1. The molecule has 0 amide bonds. The van der Waals surface area contributed by atoms with Crippen molar-refractivity contribution >= 4 is 35.0 Å². The van der Waals surface area contributed by atoms with Crippen molar-refractivity contribution in [3.05, 3.63) is 120 Å². The molecule has 0 fully saturated rings. The van der Waals surface area contributed by atoms with Crippen molar-refractivity contribution in [2.24, 2.45) is 4.99 Å². The number of ether oxygens (including phenoxy) is 3. The van der Waals surface area contributed by atoms with E-state index < -0.39 is 18.0 Å². The topological polar surface area (TPSA) is 116 Å². The smallest absolute Gasteiger partial charge is 0.338 e. The molecule has 1 atom stereocenters. The van der Waals surface area contributed by atoms with Crippen molar-refractivity contribution < 1.29 is 28.9 Å². The van der Waals surface area contributed by atoms with E-state index in [9.17, 15) is 19.5 Å². The maximum Gasteiger partial charge on any atom is 0.338 e. The van der Waals surface area contributed by atoms with Crippen molar-refractivity contribution in [2.45, 2.75) is 13.0 Å². The van der Waals surface area contributed by atoms with E-state index in [4.69, 9.17) is 19.2 Å². The van der Waals surface area contributed by atoms with Crippen molar-refractivity contribution in [3.8, 4) is 11.5 Å². The largest absolute Gasteiger partial charge is 0.478 e.